The van der Waals surface area contributed by atoms with Crippen LogP contribution in [0.25, 0.3) is 11.4 Å². The maximum Gasteiger partial charge on any atom is 0.241 e. The summed E-state index contributed by atoms with van der Waals surface area (Å²) in [5.41, 5.74) is 0.922. The Hall–Kier alpha value is -2.67. The van der Waals surface area contributed by atoms with Gasteiger partial charge >= 0.3 is 0 Å². The van der Waals surface area contributed by atoms with Gasteiger partial charge in [0.05, 0.1) is 20.2 Å². The Morgan fingerprint density at radius 1 is 1.28 bits per heavy atom. The number of aromatic nitrogens is 4. The highest BCUT2D eigenvalue weighted by Gasteiger charge is 2.26. The lowest BCUT2D eigenvalue weighted by atomic mass is 10.2. The van der Waals surface area contributed by atoms with E-state index in [-0.39, 0.29) is 0 Å². The zero-order chi connectivity index (χ0) is 17.1. The van der Waals surface area contributed by atoms with Gasteiger partial charge in [0.2, 0.25) is 11.7 Å². The average molecular weight is 339 g/mol. The fourth-order valence-corrected chi connectivity index (χ4v) is 3.28. The van der Waals surface area contributed by atoms with E-state index >= 15 is 0 Å². The van der Waals surface area contributed by atoms with Crippen LogP contribution in [0.2, 0.25) is 0 Å². The highest BCUT2D eigenvalue weighted by molar-refractivity contribution is 5.55. The van der Waals surface area contributed by atoms with Gasteiger partial charge in [0.1, 0.15) is 5.75 Å². The van der Waals surface area contributed by atoms with E-state index in [1.807, 2.05) is 47.4 Å². The van der Waals surface area contributed by atoms with Crippen molar-refractivity contribution < 1.29 is 9.26 Å². The summed E-state index contributed by atoms with van der Waals surface area (Å²) in [4.78, 5) is 6.94. The molecule has 0 unspecified atom stereocenters. The van der Waals surface area contributed by atoms with Gasteiger partial charge in [-0.15, -0.1) is 0 Å². The molecule has 1 aromatic carbocycles. The van der Waals surface area contributed by atoms with Crippen molar-refractivity contribution in [2.45, 2.75) is 32.0 Å². The largest absolute Gasteiger partial charge is 0.497 e. The Morgan fingerprint density at radius 2 is 2.16 bits per heavy atom. The van der Waals surface area contributed by atoms with Crippen LogP contribution >= 0.6 is 0 Å². The van der Waals surface area contributed by atoms with Crippen molar-refractivity contribution in [1.82, 2.24) is 24.8 Å². The van der Waals surface area contributed by atoms with Gasteiger partial charge in [-0.3, -0.25) is 9.58 Å². The summed E-state index contributed by atoms with van der Waals surface area (Å²) < 4.78 is 12.6. The van der Waals surface area contributed by atoms with Gasteiger partial charge in [-0.25, -0.2) is 0 Å². The number of nitrogens with zero attached hydrogens (tertiary/aromatic N) is 5. The van der Waals surface area contributed by atoms with Crippen molar-refractivity contribution in [2.75, 3.05) is 13.7 Å². The van der Waals surface area contributed by atoms with Crippen molar-refractivity contribution in [1.29, 1.82) is 0 Å². The van der Waals surface area contributed by atoms with Crippen LogP contribution in [-0.2, 0) is 13.1 Å². The van der Waals surface area contributed by atoms with Gasteiger partial charge in [0, 0.05) is 24.0 Å². The molecule has 1 atom stereocenters. The third kappa shape index (κ3) is 3.56. The number of hydrogen-bond donors (Lipinski definition) is 0. The molecule has 0 amide bonds. The van der Waals surface area contributed by atoms with E-state index in [2.05, 4.69) is 20.1 Å². The van der Waals surface area contributed by atoms with Crippen molar-refractivity contribution >= 4 is 0 Å². The molecular formula is C18H21N5O2. The van der Waals surface area contributed by atoms with E-state index in [4.69, 9.17) is 9.26 Å². The lowest BCUT2D eigenvalue weighted by Crippen LogP contribution is -2.32. The quantitative estimate of drug-likeness (QED) is 0.687. The standard InChI is InChI=1S/C18H21N5O2/c1-24-16-7-5-14(6-8-16)18-20-17(25-21-18)13-22-10-2-4-15(22)12-23-11-3-9-19-23/h3,5-9,11,15H,2,4,10,12-13H2,1H3/t15-/m0/s1. The van der Waals surface area contributed by atoms with Crippen molar-refractivity contribution in [3.05, 3.63) is 48.6 Å². The van der Waals surface area contributed by atoms with E-state index in [1.165, 1.54) is 12.8 Å². The molecule has 1 saturated heterocycles. The van der Waals surface area contributed by atoms with Crippen LogP contribution in [0.3, 0.4) is 0 Å². The molecule has 0 saturated carbocycles. The Labute approximate surface area is 146 Å². The Kier molecular flexibility index (Phi) is 4.47. The molecule has 0 aliphatic carbocycles. The van der Waals surface area contributed by atoms with E-state index in [1.54, 1.807) is 7.11 Å². The molecule has 2 aromatic heterocycles. The number of likely N-dealkylation sites (tertiary alicyclic amines) is 1. The second kappa shape index (κ2) is 7.06. The third-order valence-corrected chi connectivity index (χ3v) is 4.61. The summed E-state index contributed by atoms with van der Waals surface area (Å²) in [7, 11) is 1.65. The number of ether oxygens (including phenoxy) is 1. The van der Waals surface area contributed by atoms with Gasteiger partial charge in [-0.05, 0) is 49.7 Å². The molecule has 3 aromatic rings. The molecule has 0 bridgehead atoms. The minimum Gasteiger partial charge on any atom is -0.497 e. The van der Waals surface area contributed by atoms with Crippen LogP contribution < -0.4 is 4.74 Å². The lowest BCUT2D eigenvalue weighted by Gasteiger charge is -2.22. The van der Waals surface area contributed by atoms with Gasteiger partial charge in [0.15, 0.2) is 0 Å². The fourth-order valence-electron chi connectivity index (χ4n) is 3.28. The topological polar surface area (TPSA) is 69.2 Å². The molecule has 1 fully saturated rings. The SMILES string of the molecule is COc1ccc(-c2noc(CN3CCC[C@H]3Cn3cccn3)n2)cc1. The first-order chi connectivity index (χ1) is 12.3. The van der Waals surface area contributed by atoms with Gasteiger partial charge in [-0.2, -0.15) is 10.1 Å². The first-order valence-electron chi connectivity index (χ1n) is 8.50. The van der Waals surface area contributed by atoms with Gasteiger partial charge in [0.25, 0.3) is 0 Å². The highest BCUT2D eigenvalue weighted by atomic mass is 16.5. The molecule has 3 heterocycles. The molecule has 130 valence electrons. The number of hydrogen-bond acceptors (Lipinski definition) is 6. The normalized spacial score (nSPS) is 17.9. The molecule has 0 N–H and O–H groups in total. The Balaban J connectivity index is 1.43. The molecule has 7 heteroatoms. The van der Waals surface area contributed by atoms with Crippen molar-refractivity contribution in [3.63, 3.8) is 0 Å². The van der Waals surface area contributed by atoms with Crippen LogP contribution in [0.5, 0.6) is 5.75 Å². The van der Waals surface area contributed by atoms with Crippen LogP contribution in [0.4, 0.5) is 0 Å². The first-order valence-corrected chi connectivity index (χ1v) is 8.50. The molecule has 0 radical (unpaired) electrons. The summed E-state index contributed by atoms with van der Waals surface area (Å²) in [5, 5.41) is 8.42. The molecular weight excluding hydrogens is 318 g/mol. The maximum absolute atomic E-state index is 5.46. The summed E-state index contributed by atoms with van der Waals surface area (Å²) >= 11 is 0. The Bertz CT molecular complexity index is 797. The molecule has 1 aliphatic heterocycles. The lowest BCUT2D eigenvalue weighted by molar-refractivity contribution is 0.192. The summed E-state index contributed by atoms with van der Waals surface area (Å²) in [5.74, 6) is 2.07. The summed E-state index contributed by atoms with van der Waals surface area (Å²) in [6.45, 7) is 2.62. The number of benzene rings is 1. The summed E-state index contributed by atoms with van der Waals surface area (Å²) in [6.07, 6.45) is 6.17. The minimum atomic E-state index is 0.455. The van der Waals surface area contributed by atoms with Gasteiger partial charge < -0.3 is 9.26 Å². The van der Waals surface area contributed by atoms with Crippen LogP contribution in [0.15, 0.2) is 47.2 Å². The highest BCUT2D eigenvalue weighted by Crippen LogP contribution is 2.23. The smallest absolute Gasteiger partial charge is 0.241 e. The second-order valence-electron chi connectivity index (χ2n) is 6.23. The van der Waals surface area contributed by atoms with E-state index < -0.39 is 0 Å². The van der Waals surface area contributed by atoms with Crippen LogP contribution in [0.1, 0.15) is 18.7 Å². The Morgan fingerprint density at radius 3 is 2.92 bits per heavy atom. The fraction of sp³-hybridized carbons (Fsp3) is 0.389. The minimum absolute atomic E-state index is 0.455. The predicted octanol–water partition coefficient (Wildman–Crippen LogP) is 2.61. The summed E-state index contributed by atoms with van der Waals surface area (Å²) in [6, 6.07) is 10.1. The van der Waals surface area contributed by atoms with Crippen molar-refractivity contribution in [2.24, 2.45) is 0 Å². The molecule has 25 heavy (non-hydrogen) atoms. The maximum atomic E-state index is 5.46. The van der Waals surface area contributed by atoms with Crippen LogP contribution in [-0.4, -0.2) is 44.5 Å². The van der Waals surface area contributed by atoms with Gasteiger partial charge in [-0.1, -0.05) is 5.16 Å². The molecule has 4 rings (SSSR count). The third-order valence-electron chi connectivity index (χ3n) is 4.61. The molecule has 0 spiro atoms. The zero-order valence-corrected chi connectivity index (χ0v) is 14.2. The zero-order valence-electron chi connectivity index (χ0n) is 14.2. The second-order valence-corrected chi connectivity index (χ2v) is 6.23. The van der Waals surface area contributed by atoms with E-state index in [0.29, 0.717) is 24.3 Å². The molecule has 7 nitrogen and oxygen atoms in total. The number of rotatable bonds is 6. The van der Waals surface area contributed by atoms with Crippen molar-refractivity contribution in [3.8, 4) is 17.1 Å². The predicted molar refractivity (Wildman–Crippen MR) is 91.9 cm³/mol. The number of methoxy groups -OCH3 is 1. The first kappa shape index (κ1) is 15.8. The monoisotopic (exact) mass is 339 g/mol. The van der Waals surface area contributed by atoms with E-state index in [9.17, 15) is 0 Å². The molecule has 1 aliphatic rings. The average Bonchev–Trinajstić information content (AvgIpc) is 3.39. The van der Waals surface area contributed by atoms with E-state index in [0.717, 1.165) is 24.4 Å². The van der Waals surface area contributed by atoms with Crippen LogP contribution in [0, 0.1) is 0 Å².